The molecule has 0 radical (unpaired) electrons. The van der Waals surface area contributed by atoms with Crippen LogP contribution in [0.4, 0.5) is 15.8 Å². The van der Waals surface area contributed by atoms with Crippen LogP contribution in [0.15, 0.2) is 42.5 Å². The molecule has 2 N–H and O–H groups in total. The molecule has 0 aliphatic carbocycles. The quantitative estimate of drug-likeness (QED) is 0.502. The predicted octanol–water partition coefficient (Wildman–Crippen LogP) is 2.64. The molecular formula is C27H30FN7O3S. The second kappa shape index (κ2) is 11.9. The highest BCUT2D eigenvalue weighted by Crippen LogP contribution is 2.30. The number of aryl methyl sites for hydroxylation is 1. The molecule has 2 aliphatic heterocycles. The van der Waals surface area contributed by atoms with Gasteiger partial charge in [-0.3, -0.25) is 14.4 Å². The van der Waals surface area contributed by atoms with E-state index in [0.717, 1.165) is 36.7 Å². The van der Waals surface area contributed by atoms with Crippen LogP contribution in [-0.2, 0) is 0 Å². The zero-order valence-electron chi connectivity index (χ0n) is 21.7. The first-order valence-corrected chi connectivity index (χ1v) is 13.7. The Morgan fingerprint density at radius 1 is 0.897 bits per heavy atom. The third-order valence-electron chi connectivity index (χ3n) is 6.97. The first kappa shape index (κ1) is 26.7. The molecule has 204 valence electrons. The van der Waals surface area contributed by atoms with E-state index in [2.05, 4.69) is 25.1 Å². The van der Waals surface area contributed by atoms with Crippen molar-refractivity contribution < 1.29 is 18.8 Å². The minimum atomic E-state index is -0.427. The van der Waals surface area contributed by atoms with E-state index in [0.29, 0.717) is 66.7 Å². The largest absolute Gasteiger partial charge is 0.368 e. The third kappa shape index (κ3) is 6.07. The highest BCUT2D eigenvalue weighted by atomic mass is 32.1. The zero-order chi connectivity index (χ0) is 27.4. The summed E-state index contributed by atoms with van der Waals surface area (Å²) in [4.78, 5) is 45.6. The summed E-state index contributed by atoms with van der Waals surface area (Å²) in [6, 6.07) is 10.7. The van der Waals surface area contributed by atoms with E-state index in [-0.39, 0.29) is 11.8 Å². The molecule has 2 fully saturated rings. The van der Waals surface area contributed by atoms with Crippen molar-refractivity contribution in [1.82, 2.24) is 24.7 Å². The molecule has 2 aliphatic rings. The molecule has 12 heteroatoms. The van der Waals surface area contributed by atoms with Crippen molar-refractivity contribution >= 4 is 40.6 Å². The summed E-state index contributed by atoms with van der Waals surface area (Å²) >= 11 is 1.10. The average Bonchev–Trinajstić information content (AvgIpc) is 3.24. The molecule has 3 amide bonds. The maximum atomic E-state index is 13.4. The Morgan fingerprint density at radius 3 is 2.33 bits per heavy atom. The Bertz CT molecular complexity index is 1360. The fourth-order valence-electron chi connectivity index (χ4n) is 4.82. The Labute approximate surface area is 229 Å². The number of carbonyl (C=O) groups is 3. The average molecular weight is 552 g/mol. The molecular weight excluding hydrogens is 521 g/mol. The summed E-state index contributed by atoms with van der Waals surface area (Å²) in [5, 5.41) is 10.1. The van der Waals surface area contributed by atoms with Gasteiger partial charge in [-0.15, -0.1) is 5.10 Å². The lowest BCUT2D eigenvalue weighted by Crippen LogP contribution is -2.46. The van der Waals surface area contributed by atoms with Crippen LogP contribution in [-0.4, -0.2) is 89.5 Å². The van der Waals surface area contributed by atoms with Crippen molar-refractivity contribution in [1.29, 1.82) is 0 Å². The van der Waals surface area contributed by atoms with Gasteiger partial charge in [0.15, 0.2) is 0 Å². The van der Waals surface area contributed by atoms with Gasteiger partial charge in [0, 0.05) is 63.5 Å². The Balaban J connectivity index is 1.39. The van der Waals surface area contributed by atoms with E-state index in [1.807, 2.05) is 6.07 Å². The molecule has 3 heterocycles. The number of benzene rings is 2. The summed E-state index contributed by atoms with van der Waals surface area (Å²) in [5.74, 6) is -1.00. The lowest BCUT2D eigenvalue weighted by atomic mass is 10.1. The summed E-state index contributed by atoms with van der Waals surface area (Å²) in [6.07, 6.45) is 0.726. The van der Waals surface area contributed by atoms with Crippen molar-refractivity contribution in [3.63, 3.8) is 0 Å². The fourth-order valence-corrected chi connectivity index (χ4v) is 5.45. The highest BCUT2D eigenvalue weighted by molar-refractivity contribution is 7.07. The summed E-state index contributed by atoms with van der Waals surface area (Å²) < 4.78 is 17.3. The van der Waals surface area contributed by atoms with E-state index in [4.69, 9.17) is 0 Å². The molecule has 3 aromatic rings. The van der Waals surface area contributed by atoms with Crippen LogP contribution in [0, 0.1) is 12.7 Å². The van der Waals surface area contributed by atoms with Crippen LogP contribution in [0.2, 0.25) is 0 Å². The number of hydrogen-bond donors (Lipinski definition) is 2. The normalized spacial score (nSPS) is 16.1. The van der Waals surface area contributed by atoms with Crippen LogP contribution >= 0.6 is 11.5 Å². The van der Waals surface area contributed by atoms with Crippen molar-refractivity contribution in [2.45, 2.75) is 13.3 Å². The van der Waals surface area contributed by atoms with E-state index in [1.54, 1.807) is 28.9 Å². The number of piperazine rings is 1. The van der Waals surface area contributed by atoms with Gasteiger partial charge in [-0.05, 0) is 67.3 Å². The van der Waals surface area contributed by atoms with Gasteiger partial charge in [0.2, 0.25) is 0 Å². The lowest BCUT2D eigenvalue weighted by molar-refractivity contribution is 0.0734. The van der Waals surface area contributed by atoms with Gasteiger partial charge in [-0.2, -0.15) is 0 Å². The van der Waals surface area contributed by atoms with Gasteiger partial charge in [0.1, 0.15) is 10.7 Å². The third-order valence-corrected chi connectivity index (χ3v) is 7.79. The van der Waals surface area contributed by atoms with E-state index in [9.17, 15) is 18.8 Å². The van der Waals surface area contributed by atoms with Crippen LogP contribution in [0.3, 0.4) is 0 Å². The Morgan fingerprint density at radius 2 is 1.62 bits per heavy atom. The summed E-state index contributed by atoms with van der Waals surface area (Å²) in [5.41, 5.74) is 2.67. The predicted molar refractivity (Wildman–Crippen MR) is 147 cm³/mol. The van der Waals surface area contributed by atoms with Gasteiger partial charge in [0.25, 0.3) is 17.7 Å². The molecule has 0 saturated carbocycles. The molecule has 0 atom stereocenters. The Kier molecular flexibility index (Phi) is 8.13. The van der Waals surface area contributed by atoms with Gasteiger partial charge < -0.3 is 25.3 Å². The van der Waals surface area contributed by atoms with Crippen LogP contribution in [0.1, 0.15) is 42.5 Å². The number of hydrogen-bond acceptors (Lipinski definition) is 8. The molecule has 39 heavy (non-hydrogen) atoms. The number of halogens is 1. The van der Waals surface area contributed by atoms with E-state index >= 15 is 0 Å². The molecule has 2 aromatic carbocycles. The van der Waals surface area contributed by atoms with Crippen molar-refractivity contribution in [3.05, 3.63) is 70.0 Å². The topological polar surface area (TPSA) is 111 Å². The minimum absolute atomic E-state index is 0.0776. The molecule has 0 bridgehead atoms. The van der Waals surface area contributed by atoms with Crippen molar-refractivity contribution in [3.8, 4) is 0 Å². The maximum Gasteiger partial charge on any atom is 0.267 e. The second-order valence-corrected chi connectivity index (χ2v) is 10.3. The number of anilines is 2. The SMILES string of the molecule is Cc1nnsc1C(=O)N1CCCN(c2ccc(C(=O)N3CCNCC3)cc2NC(=O)c2ccc(F)cc2)CC1. The van der Waals surface area contributed by atoms with Gasteiger partial charge >= 0.3 is 0 Å². The first-order chi connectivity index (χ1) is 18.9. The molecule has 10 nitrogen and oxygen atoms in total. The van der Waals surface area contributed by atoms with Crippen LogP contribution in [0.25, 0.3) is 0 Å². The van der Waals surface area contributed by atoms with Crippen LogP contribution < -0.4 is 15.5 Å². The molecule has 0 spiro atoms. The smallest absolute Gasteiger partial charge is 0.267 e. The van der Waals surface area contributed by atoms with Gasteiger partial charge in [-0.1, -0.05) is 4.49 Å². The molecule has 0 unspecified atom stereocenters. The highest BCUT2D eigenvalue weighted by Gasteiger charge is 2.26. The van der Waals surface area contributed by atoms with Crippen molar-refractivity contribution in [2.75, 3.05) is 62.6 Å². The molecule has 5 rings (SSSR count). The Hall–Kier alpha value is -3.90. The van der Waals surface area contributed by atoms with Gasteiger partial charge in [-0.25, -0.2) is 4.39 Å². The van der Waals surface area contributed by atoms with E-state index < -0.39 is 11.7 Å². The van der Waals surface area contributed by atoms with Gasteiger partial charge in [0.05, 0.1) is 17.1 Å². The number of nitrogens with zero attached hydrogens (tertiary/aromatic N) is 5. The standard InChI is InChI=1S/C27H30FN7O3S/c1-18-24(39-32-31-18)27(38)34-12-2-11-33(15-16-34)23-8-5-20(26(37)35-13-9-29-10-14-35)17-22(23)30-25(36)19-3-6-21(28)7-4-19/h3-8,17,29H,2,9-16H2,1H3,(H,30,36). The minimum Gasteiger partial charge on any atom is -0.368 e. The molecule has 2 saturated heterocycles. The number of nitrogens with one attached hydrogen (secondary N) is 2. The van der Waals surface area contributed by atoms with Crippen LogP contribution in [0.5, 0.6) is 0 Å². The number of rotatable bonds is 5. The number of aromatic nitrogens is 2. The zero-order valence-corrected chi connectivity index (χ0v) is 22.5. The first-order valence-electron chi connectivity index (χ1n) is 12.9. The maximum absolute atomic E-state index is 13.4. The van der Waals surface area contributed by atoms with E-state index in [1.165, 1.54) is 24.3 Å². The molecule has 1 aromatic heterocycles. The monoisotopic (exact) mass is 551 g/mol. The van der Waals surface area contributed by atoms with Crippen molar-refractivity contribution in [2.24, 2.45) is 0 Å². The second-order valence-electron chi connectivity index (χ2n) is 9.56. The number of amides is 3. The fraction of sp³-hybridized carbons (Fsp3) is 0.370. The lowest BCUT2D eigenvalue weighted by Gasteiger charge is -2.29. The number of carbonyl (C=O) groups excluding carboxylic acids is 3. The summed E-state index contributed by atoms with van der Waals surface area (Å²) in [6.45, 7) is 6.75. The summed E-state index contributed by atoms with van der Waals surface area (Å²) in [7, 11) is 0.